The second-order valence-corrected chi connectivity index (χ2v) is 3.73. The highest BCUT2D eigenvalue weighted by Gasteiger charge is 2.15. The zero-order valence-electron chi connectivity index (χ0n) is 9.34. The van der Waals surface area contributed by atoms with Gasteiger partial charge in [-0.25, -0.2) is 13.8 Å². The Hall–Kier alpha value is -2.04. The fourth-order valence-electron chi connectivity index (χ4n) is 1.59. The first kappa shape index (κ1) is 11.4. The van der Waals surface area contributed by atoms with E-state index in [1.165, 1.54) is 19.1 Å². The van der Waals surface area contributed by atoms with Crippen molar-refractivity contribution in [3.8, 4) is 11.3 Å². The maximum absolute atomic E-state index is 13.6. The van der Waals surface area contributed by atoms with Gasteiger partial charge in [0.25, 0.3) is 5.56 Å². The maximum atomic E-state index is 13.6. The molecule has 0 amide bonds. The lowest BCUT2D eigenvalue weighted by molar-refractivity contribution is 0.511. The van der Waals surface area contributed by atoms with E-state index in [0.29, 0.717) is 5.82 Å². The van der Waals surface area contributed by atoms with Gasteiger partial charge in [0.2, 0.25) is 0 Å². The number of aromatic nitrogens is 2. The molecule has 0 atom stereocenters. The molecule has 0 saturated heterocycles. The Morgan fingerprint density at radius 2 is 1.94 bits per heavy atom. The van der Waals surface area contributed by atoms with Gasteiger partial charge in [0.15, 0.2) is 11.6 Å². The number of hydrogen-bond acceptors (Lipinski definition) is 2. The van der Waals surface area contributed by atoms with Gasteiger partial charge < -0.3 is 4.98 Å². The third kappa shape index (κ3) is 1.95. The molecular formula is C12H10F2N2O. The summed E-state index contributed by atoms with van der Waals surface area (Å²) in [6, 6.07) is 3.80. The van der Waals surface area contributed by atoms with E-state index in [1.54, 1.807) is 6.92 Å². The Balaban J connectivity index is 2.77. The smallest absolute Gasteiger partial charge is 0.254 e. The van der Waals surface area contributed by atoms with E-state index in [-0.39, 0.29) is 22.4 Å². The largest absolute Gasteiger partial charge is 0.311 e. The number of halogens is 2. The Kier molecular flexibility index (Phi) is 2.75. The van der Waals surface area contributed by atoms with Gasteiger partial charge in [-0.1, -0.05) is 6.07 Å². The van der Waals surface area contributed by atoms with Crippen LogP contribution in [0.4, 0.5) is 8.78 Å². The van der Waals surface area contributed by atoms with Gasteiger partial charge >= 0.3 is 0 Å². The van der Waals surface area contributed by atoms with Crippen molar-refractivity contribution in [1.82, 2.24) is 9.97 Å². The molecule has 1 aromatic carbocycles. The Morgan fingerprint density at radius 1 is 1.24 bits per heavy atom. The van der Waals surface area contributed by atoms with E-state index in [1.807, 2.05) is 0 Å². The zero-order valence-corrected chi connectivity index (χ0v) is 9.34. The monoisotopic (exact) mass is 236 g/mol. The van der Waals surface area contributed by atoms with E-state index in [4.69, 9.17) is 0 Å². The summed E-state index contributed by atoms with van der Waals surface area (Å²) in [6.07, 6.45) is 0. The van der Waals surface area contributed by atoms with Crippen LogP contribution in [-0.4, -0.2) is 9.97 Å². The molecule has 0 aliphatic heterocycles. The summed E-state index contributed by atoms with van der Waals surface area (Å²) in [5, 5.41) is 0. The number of rotatable bonds is 1. The van der Waals surface area contributed by atoms with Crippen LogP contribution in [0.3, 0.4) is 0 Å². The molecule has 0 fully saturated rings. The Labute approximate surface area is 96.2 Å². The van der Waals surface area contributed by atoms with E-state index >= 15 is 0 Å². The molecular weight excluding hydrogens is 226 g/mol. The van der Waals surface area contributed by atoms with E-state index < -0.39 is 11.6 Å². The van der Waals surface area contributed by atoms with Crippen molar-refractivity contribution in [3.63, 3.8) is 0 Å². The van der Waals surface area contributed by atoms with Crippen LogP contribution in [-0.2, 0) is 0 Å². The topological polar surface area (TPSA) is 45.8 Å². The van der Waals surface area contributed by atoms with Crippen LogP contribution in [0.1, 0.15) is 11.4 Å². The predicted molar refractivity (Wildman–Crippen MR) is 59.7 cm³/mol. The van der Waals surface area contributed by atoms with Crippen molar-refractivity contribution in [2.24, 2.45) is 0 Å². The lowest BCUT2D eigenvalue weighted by Gasteiger charge is -2.07. The molecule has 0 aliphatic carbocycles. The summed E-state index contributed by atoms with van der Waals surface area (Å²) in [5.41, 5.74) is 0.0798. The zero-order chi connectivity index (χ0) is 12.6. The van der Waals surface area contributed by atoms with E-state index in [2.05, 4.69) is 9.97 Å². The summed E-state index contributed by atoms with van der Waals surface area (Å²) in [7, 11) is 0. The second-order valence-electron chi connectivity index (χ2n) is 3.73. The van der Waals surface area contributed by atoms with Crippen LogP contribution < -0.4 is 5.56 Å². The van der Waals surface area contributed by atoms with Gasteiger partial charge in [0.05, 0.1) is 5.69 Å². The molecule has 0 aliphatic rings. The molecule has 1 aromatic heterocycles. The summed E-state index contributed by atoms with van der Waals surface area (Å²) in [6.45, 7) is 3.10. The van der Waals surface area contributed by atoms with Gasteiger partial charge in [-0.15, -0.1) is 0 Å². The number of aryl methyl sites for hydroxylation is 1. The minimum atomic E-state index is -0.993. The molecule has 3 nitrogen and oxygen atoms in total. The van der Waals surface area contributed by atoms with Crippen LogP contribution >= 0.6 is 0 Å². The van der Waals surface area contributed by atoms with Crippen molar-refractivity contribution in [2.75, 3.05) is 0 Å². The van der Waals surface area contributed by atoms with Crippen LogP contribution in [0, 0.1) is 25.5 Å². The van der Waals surface area contributed by atoms with E-state index in [0.717, 1.165) is 6.07 Å². The Morgan fingerprint density at radius 3 is 2.65 bits per heavy atom. The highest BCUT2D eigenvalue weighted by Crippen LogP contribution is 2.23. The summed E-state index contributed by atoms with van der Waals surface area (Å²) >= 11 is 0. The van der Waals surface area contributed by atoms with Crippen molar-refractivity contribution < 1.29 is 8.78 Å². The van der Waals surface area contributed by atoms with Crippen molar-refractivity contribution in [1.29, 1.82) is 0 Å². The molecule has 0 spiro atoms. The van der Waals surface area contributed by atoms with Crippen LogP contribution in [0.2, 0.25) is 0 Å². The van der Waals surface area contributed by atoms with Crippen LogP contribution in [0.15, 0.2) is 23.0 Å². The molecule has 0 saturated carbocycles. The fourth-order valence-corrected chi connectivity index (χ4v) is 1.59. The molecule has 1 N–H and O–H groups in total. The number of nitrogens with one attached hydrogen (secondary N) is 1. The summed E-state index contributed by atoms with van der Waals surface area (Å²) < 4.78 is 26.7. The lowest BCUT2D eigenvalue weighted by atomic mass is 10.1. The molecule has 1 heterocycles. The standard InChI is InChI=1S/C12H10F2N2O/c1-6-11(15-7(2)16-12(6)17)8-4-3-5-9(13)10(8)14/h3-5H,1-2H3,(H,15,16,17). The average molecular weight is 236 g/mol. The minimum absolute atomic E-state index is 0.00306. The third-order valence-electron chi connectivity index (χ3n) is 2.48. The number of hydrogen-bond donors (Lipinski definition) is 1. The van der Waals surface area contributed by atoms with Gasteiger partial charge in [0, 0.05) is 11.1 Å². The quantitative estimate of drug-likeness (QED) is 0.826. The fraction of sp³-hybridized carbons (Fsp3) is 0.167. The van der Waals surface area contributed by atoms with Crippen LogP contribution in [0.5, 0.6) is 0 Å². The van der Waals surface area contributed by atoms with Crippen molar-refractivity contribution >= 4 is 0 Å². The van der Waals surface area contributed by atoms with E-state index in [9.17, 15) is 13.6 Å². The Bertz CT molecular complexity index is 635. The van der Waals surface area contributed by atoms with Gasteiger partial charge in [-0.05, 0) is 26.0 Å². The number of aromatic amines is 1. The average Bonchev–Trinajstić information content (AvgIpc) is 2.27. The molecule has 0 radical (unpaired) electrons. The van der Waals surface area contributed by atoms with Crippen molar-refractivity contribution in [3.05, 3.63) is 51.6 Å². The molecule has 17 heavy (non-hydrogen) atoms. The minimum Gasteiger partial charge on any atom is -0.311 e. The highest BCUT2D eigenvalue weighted by molar-refractivity contribution is 5.63. The summed E-state index contributed by atoms with van der Waals surface area (Å²) in [4.78, 5) is 18.1. The molecule has 2 rings (SSSR count). The normalized spacial score (nSPS) is 10.6. The first-order valence-electron chi connectivity index (χ1n) is 5.02. The van der Waals surface area contributed by atoms with Gasteiger partial charge in [-0.2, -0.15) is 0 Å². The molecule has 2 aromatic rings. The molecule has 0 unspecified atom stereocenters. The number of H-pyrrole nitrogens is 1. The maximum Gasteiger partial charge on any atom is 0.254 e. The van der Waals surface area contributed by atoms with Crippen molar-refractivity contribution in [2.45, 2.75) is 13.8 Å². The highest BCUT2D eigenvalue weighted by atomic mass is 19.2. The third-order valence-corrected chi connectivity index (χ3v) is 2.48. The first-order valence-corrected chi connectivity index (χ1v) is 5.02. The van der Waals surface area contributed by atoms with Gasteiger partial charge in [0.1, 0.15) is 5.82 Å². The lowest BCUT2D eigenvalue weighted by Crippen LogP contribution is -2.14. The summed E-state index contributed by atoms with van der Waals surface area (Å²) in [5.74, 6) is -1.59. The SMILES string of the molecule is Cc1nc(-c2cccc(F)c2F)c(C)c(=O)[nH]1. The second kappa shape index (κ2) is 4.08. The van der Waals surface area contributed by atoms with Crippen LogP contribution in [0.25, 0.3) is 11.3 Å². The predicted octanol–water partition coefficient (Wildman–Crippen LogP) is 2.33. The first-order chi connectivity index (χ1) is 8.00. The number of benzene rings is 1. The molecule has 5 heteroatoms. The number of nitrogens with zero attached hydrogens (tertiary/aromatic N) is 1. The molecule has 0 bridgehead atoms. The van der Waals surface area contributed by atoms with Gasteiger partial charge in [-0.3, -0.25) is 4.79 Å². The molecule has 88 valence electrons.